The third-order valence-electron chi connectivity index (χ3n) is 6.01. The van der Waals surface area contributed by atoms with Gasteiger partial charge in [-0.25, -0.2) is 0 Å². The number of aryl methyl sites for hydroxylation is 1. The van der Waals surface area contributed by atoms with Crippen LogP contribution in [0, 0.1) is 6.92 Å². The lowest BCUT2D eigenvalue weighted by Gasteiger charge is -2.26. The van der Waals surface area contributed by atoms with Crippen LogP contribution in [-0.2, 0) is 9.59 Å². The number of aliphatic hydroxyl groups excluding tert-OH is 1. The molecule has 4 aromatic carbocycles. The van der Waals surface area contributed by atoms with Gasteiger partial charge in [0.05, 0.1) is 11.6 Å². The van der Waals surface area contributed by atoms with Gasteiger partial charge in [-0.05, 0) is 61.0 Å². The summed E-state index contributed by atoms with van der Waals surface area (Å²) in [4.78, 5) is 28.1. The molecule has 5 nitrogen and oxygen atoms in total. The fraction of sp³-hybridized carbons (Fsp3) is 0.0667. The Morgan fingerprint density at radius 2 is 1.50 bits per heavy atom. The fourth-order valence-electron chi connectivity index (χ4n) is 4.32. The minimum Gasteiger partial charge on any atom is -0.507 e. The summed E-state index contributed by atoms with van der Waals surface area (Å²) in [5, 5.41) is 11.2. The summed E-state index contributed by atoms with van der Waals surface area (Å²) in [6.45, 7) is 1.94. The topological polar surface area (TPSA) is 66.8 Å². The number of rotatable bonds is 5. The van der Waals surface area contributed by atoms with Crippen molar-refractivity contribution in [2.75, 3.05) is 4.90 Å². The zero-order chi connectivity index (χ0) is 25.2. The molecule has 1 N–H and O–H groups in total. The van der Waals surface area contributed by atoms with E-state index in [2.05, 4.69) is 15.9 Å². The SMILES string of the molecule is Cc1cccc(C2/C(=C(/O)c3ccc(Br)cc3)C(=O)C(=O)N2c2ccc(Oc3ccccc3)cc2)c1. The van der Waals surface area contributed by atoms with Crippen molar-refractivity contribution in [1.82, 2.24) is 0 Å². The van der Waals surface area contributed by atoms with Crippen LogP contribution in [0.2, 0.25) is 0 Å². The molecule has 0 aromatic heterocycles. The largest absolute Gasteiger partial charge is 0.507 e. The van der Waals surface area contributed by atoms with E-state index in [-0.39, 0.29) is 11.3 Å². The van der Waals surface area contributed by atoms with E-state index in [9.17, 15) is 14.7 Å². The van der Waals surface area contributed by atoms with Gasteiger partial charge < -0.3 is 9.84 Å². The number of nitrogens with zero attached hydrogens (tertiary/aromatic N) is 1. The summed E-state index contributed by atoms with van der Waals surface area (Å²) in [5.41, 5.74) is 2.75. The summed E-state index contributed by atoms with van der Waals surface area (Å²) in [5.74, 6) is -0.342. The maximum absolute atomic E-state index is 13.3. The van der Waals surface area contributed by atoms with E-state index >= 15 is 0 Å². The zero-order valence-electron chi connectivity index (χ0n) is 19.4. The second-order valence-corrected chi connectivity index (χ2v) is 9.41. The number of anilines is 1. The van der Waals surface area contributed by atoms with Gasteiger partial charge in [0.2, 0.25) is 0 Å². The second-order valence-electron chi connectivity index (χ2n) is 8.50. The van der Waals surface area contributed by atoms with E-state index in [4.69, 9.17) is 4.74 Å². The maximum Gasteiger partial charge on any atom is 0.300 e. The number of Topliss-reactive ketones (excluding diaryl/α,β-unsaturated/α-hetero) is 1. The van der Waals surface area contributed by atoms with Gasteiger partial charge in [-0.1, -0.05) is 76.1 Å². The first-order valence-corrected chi connectivity index (χ1v) is 12.2. The van der Waals surface area contributed by atoms with Crippen LogP contribution in [0.5, 0.6) is 11.5 Å². The van der Waals surface area contributed by atoms with Gasteiger partial charge in [-0.2, -0.15) is 0 Å². The summed E-state index contributed by atoms with van der Waals surface area (Å²) in [7, 11) is 0. The monoisotopic (exact) mass is 539 g/mol. The average Bonchev–Trinajstić information content (AvgIpc) is 3.15. The van der Waals surface area contributed by atoms with E-state index in [1.165, 1.54) is 4.90 Å². The van der Waals surface area contributed by atoms with Crippen molar-refractivity contribution in [1.29, 1.82) is 0 Å². The van der Waals surface area contributed by atoms with Crippen molar-refractivity contribution in [2.24, 2.45) is 0 Å². The maximum atomic E-state index is 13.3. The molecule has 1 aliphatic heterocycles. The lowest BCUT2D eigenvalue weighted by Crippen LogP contribution is -2.29. The Labute approximate surface area is 217 Å². The summed E-state index contributed by atoms with van der Waals surface area (Å²) >= 11 is 3.39. The molecule has 1 atom stereocenters. The molecule has 0 radical (unpaired) electrons. The number of ketones is 1. The smallest absolute Gasteiger partial charge is 0.300 e. The number of hydrogen-bond acceptors (Lipinski definition) is 4. The Morgan fingerprint density at radius 3 is 2.17 bits per heavy atom. The number of aliphatic hydroxyl groups is 1. The number of benzene rings is 4. The lowest BCUT2D eigenvalue weighted by atomic mass is 9.94. The van der Waals surface area contributed by atoms with Crippen LogP contribution in [0.15, 0.2) is 113 Å². The molecular formula is C30H22BrNO4. The van der Waals surface area contributed by atoms with Crippen molar-refractivity contribution in [3.8, 4) is 11.5 Å². The number of ether oxygens (including phenoxy) is 1. The highest BCUT2D eigenvalue weighted by molar-refractivity contribution is 9.10. The number of carbonyl (C=O) groups excluding carboxylic acids is 2. The minimum absolute atomic E-state index is 0.0533. The number of carbonyl (C=O) groups is 2. The Balaban J connectivity index is 1.59. The number of halogens is 1. The van der Waals surface area contributed by atoms with Crippen molar-refractivity contribution >= 4 is 39.1 Å². The molecule has 1 saturated heterocycles. The summed E-state index contributed by atoms with van der Waals surface area (Å²) < 4.78 is 6.71. The first-order chi connectivity index (χ1) is 17.4. The predicted octanol–water partition coefficient (Wildman–Crippen LogP) is 7.18. The molecule has 0 spiro atoms. The third kappa shape index (κ3) is 4.55. The van der Waals surface area contributed by atoms with Crippen molar-refractivity contribution < 1.29 is 19.4 Å². The molecule has 1 amide bonds. The molecule has 1 fully saturated rings. The van der Waals surface area contributed by atoms with Gasteiger partial charge >= 0.3 is 0 Å². The average molecular weight is 540 g/mol. The molecule has 1 unspecified atom stereocenters. The van der Waals surface area contributed by atoms with Crippen molar-refractivity contribution in [3.63, 3.8) is 0 Å². The van der Waals surface area contributed by atoms with Crippen LogP contribution in [0.3, 0.4) is 0 Å². The van der Waals surface area contributed by atoms with Crippen LogP contribution >= 0.6 is 15.9 Å². The van der Waals surface area contributed by atoms with E-state index < -0.39 is 17.7 Å². The summed E-state index contributed by atoms with van der Waals surface area (Å²) in [6, 6.07) is 30.2. The van der Waals surface area contributed by atoms with Crippen molar-refractivity contribution in [2.45, 2.75) is 13.0 Å². The van der Waals surface area contributed by atoms with Gasteiger partial charge in [0.1, 0.15) is 17.3 Å². The van der Waals surface area contributed by atoms with Gasteiger partial charge in [-0.3, -0.25) is 14.5 Å². The van der Waals surface area contributed by atoms with Crippen LogP contribution < -0.4 is 9.64 Å². The third-order valence-corrected chi connectivity index (χ3v) is 6.54. The van der Waals surface area contributed by atoms with E-state index in [0.717, 1.165) is 15.6 Å². The van der Waals surface area contributed by atoms with Gasteiger partial charge in [0.25, 0.3) is 11.7 Å². The first kappa shape index (κ1) is 23.6. The molecule has 0 aliphatic carbocycles. The Hall–Kier alpha value is -4.16. The highest BCUT2D eigenvalue weighted by atomic mass is 79.9. The summed E-state index contributed by atoms with van der Waals surface area (Å²) in [6.07, 6.45) is 0. The fourth-order valence-corrected chi connectivity index (χ4v) is 4.58. The number of amides is 1. The molecule has 6 heteroatoms. The Bertz CT molecular complexity index is 1460. The van der Waals surface area contributed by atoms with Crippen LogP contribution in [0.1, 0.15) is 22.7 Å². The molecule has 4 aromatic rings. The quantitative estimate of drug-likeness (QED) is 0.166. The van der Waals surface area contributed by atoms with Crippen molar-refractivity contribution in [3.05, 3.63) is 130 Å². The minimum atomic E-state index is -0.783. The van der Waals surface area contributed by atoms with Gasteiger partial charge in [-0.15, -0.1) is 0 Å². The molecular weight excluding hydrogens is 518 g/mol. The van der Waals surface area contributed by atoms with E-state index in [1.807, 2.05) is 61.5 Å². The van der Waals surface area contributed by atoms with E-state index in [1.54, 1.807) is 48.5 Å². The first-order valence-electron chi connectivity index (χ1n) is 11.4. The lowest BCUT2D eigenvalue weighted by molar-refractivity contribution is -0.132. The van der Waals surface area contributed by atoms with Gasteiger partial charge in [0, 0.05) is 15.7 Å². The Kier molecular flexibility index (Phi) is 6.44. The molecule has 0 saturated carbocycles. The number of para-hydroxylation sites is 1. The normalized spacial score (nSPS) is 16.8. The molecule has 178 valence electrons. The second kappa shape index (κ2) is 9.84. The van der Waals surface area contributed by atoms with Crippen LogP contribution in [0.4, 0.5) is 5.69 Å². The van der Waals surface area contributed by atoms with E-state index in [0.29, 0.717) is 22.7 Å². The standard InChI is InChI=1S/C30H22BrNO4/c1-19-6-5-7-21(18-19)27-26(28(33)20-10-12-22(31)13-11-20)29(34)30(35)32(27)23-14-16-25(17-15-23)36-24-8-3-2-4-9-24/h2-18,27,33H,1H3/b28-26-. The van der Waals surface area contributed by atoms with Gasteiger partial charge in [0.15, 0.2) is 0 Å². The number of hydrogen-bond donors (Lipinski definition) is 1. The Morgan fingerprint density at radius 1 is 0.833 bits per heavy atom. The molecule has 1 heterocycles. The highest BCUT2D eigenvalue weighted by Crippen LogP contribution is 2.42. The highest BCUT2D eigenvalue weighted by Gasteiger charge is 2.47. The van der Waals surface area contributed by atoms with Crippen LogP contribution in [0.25, 0.3) is 5.76 Å². The molecule has 0 bridgehead atoms. The van der Waals surface area contributed by atoms with Crippen LogP contribution in [-0.4, -0.2) is 16.8 Å². The molecule has 5 rings (SSSR count). The zero-order valence-corrected chi connectivity index (χ0v) is 21.0. The molecule has 36 heavy (non-hydrogen) atoms. The molecule has 1 aliphatic rings. The predicted molar refractivity (Wildman–Crippen MR) is 143 cm³/mol.